The first-order valence-electron chi connectivity index (χ1n) is 6.37. The van der Waals surface area contributed by atoms with Gasteiger partial charge in [0.15, 0.2) is 0 Å². The summed E-state index contributed by atoms with van der Waals surface area (Å²) in [4.78, 5) is 2.34. The molecule has 1 aliphatic rings. The Morgan fingerprint density at radius 3 is 3.00 bits per heavy atom. The van der Waals surface area contributed by atoms with Crippen molar-refractivity contribution in [1.82, 2.24) is 4.90 Å². The van der Waals surface area contributed by atoms with Gasteiger partial charge in [-0.2, -0.15) is 0 Å². The number of aryl methyl sites for hydroxylation is 1. The van der Waals surface area contributed by atoms with Crippen LogP contribution in [0.3, 0.4) is 0 Å². The fraction of sp³-hybridized carbons (Fsp3) is 0.500. The highest BCUT2D eigenvalue weighted by molar-refractivity contribution is 6.31. The molecule has 1 aromatic carbocycles. The van der Waals surface area contributed by atoms with E-state index in [4.69, 9.17) is 22.7 Å². The molecule has 1 aromatic rings. The van der Waals surface area contributed by atoms with Crippen LogP contribution in [-0.4, -0.2) is 23.8 Å². The molecule has 0 spiro atoms. The predicted molar refractivity (Wildman–Crippen MR) is 76.1 cm³/mol. The molecule has 0 radical (unpaired) electrons. The SMILES string of the molecule is Cc1ccc(CN2CCCC(C(=N)N)C2)c(Cl)c1. The molecule has 1 atom stereocenters. The van der Waals surface area contributed by atoms with E-state index in [0.717, 1.165) is 43.1 Å². The lowest BCUT2D eigenvalue weighted by atomic mass is 9.96. The first kappa shape index (κ1) is 13.4. The highest BCUT2D eigenvalue weighted by atomic mass is 35.5. The minimum absolute atomic E-state index is 0.211. The van der Waals surface area contributed by atoms with Crippen molar-refractivity contribution in [1.29, 1.82) is 5.41 Å². The quantitative estimate of drug-likeness (QED) is 0.652. The van der Waals surface area contributed by atoms with E-state index in [0.29, 0.717) is 5.84 Å². The van der Waals surface area contributed by atoms with E-state index < -0.39 is 0 Å². The number of nitrogens with zero attached hydrogens (tertiary/aromatic N) is 1. The van der Waals surface area contributed by atoms with Gasteiger partial charge < -0.3 is 5.73 Å². The first-order chi connectivity index (χ1) is 8.56. The van der Waals surface area contributed by atoms with Gasteiger partial charge in [-0.1, -0.05) is 23.7 Å². The molecule has 3 nitrogen and oxygen atoms in total. The molecule has 1 saturated heterocycles. The first-order valence-corrected chi connectivity index (χ1v) is 6.75. The highest BCUT2D eigenvalue weighted by Crippen LogP contribution is 2.23. The Morgan fingerprint density at radius 2 is 2.33 bits per heavy atom. The molecule has 0 bridgehead atoms. The van der Waals surface area contributed by atoms with Gasteiger partial charge in [-0.15, -0.1) is 0 Å². The predicted octanol–water partition coefficient (Wildman–Crippen LogP) is 2.80. The summed E-state index contributed by atoms with van der Waals surface area (Å²) in [5.41, 5.74) is 7.95. The van der Waals surface area contributed by atoms with Gasteiger partial charge in [0.05, 0.1) is 5.84 Å². The fourth-order valence-corrected chi connectivity index (χ4v) is 2.77. The standard InChI is InChI=1S/C14H20ClN3/c1-10-4-5-11(13(15)7-10)8-18-6-2-3-12(9-18)14(16)17/h4-5,7,12H,2-3,6,8-9H2,1H3,(H3,16,17). The average Bonchev–Trinajstić information content (AvgIpc) is 2.33. The second kappa shape index (κ2) is 5.72. The molecule has 1 fully saturated rings. The van der Waals surface area contributed by atoms with Crippen LogP contribution in [0.1, 0.15) is 24.0 Å². The molecule has 98 valence electrons. The van der Waals surface area contributed by atoms with Crippen LogP contribution in [-0.2, 0) is 6.54 Å². The van der Waals surface area contributed by atoms with Crippen LogP contribution in [0.15, 0.2) is 18.2 Å². The van der Waals surface area contributed by atoms with E-state index in [-0.39, 0.29) is 5.92 Å². The van der Waals surface area contributed by atoms with Crippen LogP contribution in [0, 0.1) is 18.3 Å². The highest BCUT2D eigenvalue weighted by Gasteiger charge is 2.22. The Balaban J connectivity index is 2.02. The van der Waals surface area contributed by atoms with Crippen molar-refractivity contribution in [2.75, 3.05) is 13.1 Å². The second-order valence-electron chi connectivity index (χ2n) is 5.12. The summed E-state index contributed by atoms with van der Waals surface area (Å²) >= 11 is 6.25. The molecule has 0 saturated carbocycles. The lowest BCUT2D eigenvalue weighted by molar-refractivity contribution is 0.196. The van der Waals surface area contributed by atoms with Gasteiger partial charge in [-0.25, -0.2) is 0 Å². The minimum atomic E-state index is 0.211. The Hall–Kier alpha value is -1.06. The third-order valence-electron chi connectivity index (χ3n) is 3.55. The number of amidine groups is 1. The normalized spacial score (nSPS) is 20.9. The van der Waals surface area contributed by atoms with Crippen LogP contribution in [0.2, 0.25) is 5.02 Å². The van der Waals surface area contributed by atoms with Crippen molar-refractivity contribution in [3.05, 3.63) is 34.3 Å². The number of nitrogens with two attached hydrogens (primary N) is 1. The van der Waals surface area contributed by atoms with Crippen molar-refractivity contribution < 1.29 is 0 Å². The zero-order valence-electron chi connectivity index (χ0n) is 10.7. The summed E-state index contributed by atoms with van der Waals surface area (Å²) in [7, 11) is 0. The molecule has 1 aliphatic heterocycles. The number of benzene rings is 1. The molecule has 1 heterocycles. The number of hydrogen-bond acceptors (Lipinski definition) is 2. The largest absolute Gasteiger partial charge is 0.387 e. The maximum Gasteiger partial charge on any atom is 0.0949 e. The summed E-state index contributed by atoms with van der Waals surface area (Å²) in [6.45, 7) is 4.83. The maximum atomic E-state index is 7.55. The van der Waals surface area contributed by atoms with E-state index in [1.54, 1.807) is 0 Å². The van der Waals surface area contributed by atoms with Crippen molar-refractivity contribution in [3.8, 4) is 0 Å². The third-order valence-corrected chi connectivity index (χ3v) is 3.90. The van der Waals surface area contributed by atoms with Gasteiger partial charge in [0.1, 0.15) is 0 Å². The summed E-state index contributed by atoms with van der Waals surface area (Å²) < 4.78 is 0. The van der Waals surface area contributed by atoms with Gasteiger partial charge in [0.25, 0.3) is 0 Å². The molecule has 0 aromatic heterocycles. The van der Waals surface area contributed by atoms with E-state index in [1.807, 2.05) is 13.0 Å². The molecular formula is C14H20ClN3. The lowest BCUT2D eigenvalue weighted by Gasteiger charge is -2.32. The zero-order chi connectivity index (χ0) is 13.1. The molecule has 0 amide bonds. The van der Waals surface area contributed by atoms with E-state index in [1.165, 1.54) is 5.56 Å². The summed E-state index contributed by atoms with van der Waals surface area (Å²) in [5, 5.41) is 8.39. The van der Waals surface area contributed by atoms with Gasteiger partial charge in [-0.05, 0) is 43.5 Å². The second-order valence-corrected chi connectivity index (χ2v) is 5.53. The number of rotatable bonds is 3. The molecule has 18 heavy (non-hydrogen) atoms. The number of nitrogens with one attached hydrogen (secondary N) is 1. The van der Waals surface area contributed by atoms with Crippen LogP contribution >= 0.6 is 11.6 Å². The summed E-state index contributed by atoms with van der Waals surface area (Å²) in [6.07, 6.45) is 2.14. The molecule has 4 heteroatoms. The monoisotopic (exact) mass is 265 g/mol. The van der Waals surface area contributed by atoms with E-state index in [2.05, 4.69) is 17.0 Å². The minimum Gasteiger partial charge on any atom is -0.387 e. The zero-order valence-corrected chi connectivity index (χ0v) is 11.5. The van der Waals surface area contributed by atoms with Crippen LogP contribution in [0.25, 0.3) is 0 Å². The van der Waals surface area contributed by atoms with Crippen LogP contribution in [0.5, 0.6) is 0 Å². The van der Waals surface area contributed by atoms with Crippen molar-refractivity contribution >= 4 is 17.4 Å². The average molecular weight is 266 g/mol. The Labute approximate surface area is 113 Å². The molecule has 3 N–H and O–H groups in total. The molecule has 2 rings (SSSR count). The van der Waals surface area contributed by atoms with Crippen LogP contribution in [0.4, 0.5) is 0 Å². The molecular weight excluding hydrogens is 246 g/mol. The summed E-state index contributed by atoms with van der Waals surface area (Å²) in [6, 6.07) is 6.19. The van der Waals surface area contributed by atoms with E-state index in [9.17, 15) is 0 Å². The van der Waals surface area contributed by atoms with Crippen molar-refractivity contribution in [3.63, 3.8) is 0 Å². The van der Waals surface area contributed by atoms with Gasteiger partial charge in [-0.3, -0.25) is 10.3 Å². The van der Waals surface area contributed by atoms with Gasteiger partial charge in [0.2, 0.25) is 0 Å². The van der Waals surface area contributed by atoms with Crippen LogP contribution < -0.4 is 5.73 Å². The lowest BCUT2D eigenvalue weighted by Crippen LogP contribution is -2.40. The number of likely N-dealkylation sites (tertiary alicyclic amines) is 1. The maximum absolute atomic E-state index is 7.55. The Morgan fingerprint density at radius 1 is 1.56 bits per heavy atom. The Bertz CT molecular complexity index is 445. The summed E-state index contributed by atoms with van der Waals surface area (Å²) in [5.74, 6) is 0.526. The van der Waals surface area contributed by atoms with Gasteiger partial charge >= 0.3 is 0 Å². The fourth-order valence-electron chi connectivity index (χ4n) is 2.47. The number of hydrogen-bond donors (Lipinski definition) is 2. The molecule has 1 unspecified atom stereocenters. The van der Waals surface area contributed by atoms with E-state index >= 15 is 0 Å². The molecule has 0 aliphatic carbocycles. The van der Waals surface area contributed by atoms with Gasteiger partial charge in [0, 0.05) is 24.0 Å². The number of halogens is 1. The number of piperidine rings is 1. The van der Waals surface area contributed by atoms with Crippen molar-refractivity contribution in [2.24, 2.45) is 11.7 Å². The Kier molecular flexibility index (Phi) is 4.25. The topological polar surface area (TPSA) is 53.1 Å². The third kappa shape index (κ3) is 3.24. The van der Waals surface area contributed by atoms with Crippen molar-refractivity contribution in [2.45, 2.75) is 26.3 Å². The smallest absolute Gasteiger partial charge is 0.0949 e.